The van der Waals surface area contributed by atoms with E-state index in [0.717, 1.165) is 22.3 Å². The Morgan fingerprint density at radius 2 is 1.93 bits per heavy atom. The average molecular weight is 554 g/mol. The van der Waals surface area contributed by atoms with E-state index in [0.29, 0.717) is 23.2 Å². The van der Waals surface area contributed by atoms with Crippen LogP contribution in [-0.2, 0) is 38.6 Å². The number of nitrogens with one attached hydrogen (secondary N) is 2. The maximum Gasteiger partial charge on any atom is 0.338 e. The van der Waals surface area contributed by atoms with E-state index in [4.69, 9.17) is 14.2 Å². The highest BCUT2D eigenvalue weighted by Crippen LogP contribution is 2.24. The van der Waals surface area contributed by atoms with Crippen LogP contribution in [0, 0.1) is 18.3 Å². The molecule has 210 valence electrons. The Hall–Kier alpha value is -4.94. The summed E-state index contributed by atoms with van der Waals surface area (Å²) < 4.78 is 15.9. The minimum atomic E-state index is -0.917. The van der Waals surface area contributed by atoms with Gasteiger partial charge in [-0.2, -0.15) is 5.26 Å². The summed E-state index contributed by atoms with van der Waals surface area (Å²) in [7, 11) is 0. The van der Waals surface area contributed by atoms with Crippen LogP contribution in [0.5, 0.6) is 0 Å². The van der Waals surface area contributed by atoms with Gasteiger partial charge >= 0.3 is 11.9 Å². The molecule has 3 aromatic rings. The number of nitrogens with zero attached hydrogens (tertiary/aromatic N) is 1. The number of fused-ring (bicyclic) bond motifs is 1. The molecule has 0 unspecified atom stereocenters. The molecule has 0 bridgehead atoms. The van der Waals surface area contributed by atoms with Crippen LogP contribution in [0.25, 0.3) is 0 Å². The predicted octanol–water partition coefficient (Wildman–Crippen LogP) is 4.26. The summed E-state index contributed by atoms with van der Waals surface area (Å²) in [6, 6.07) is 20.3. The van der Waals surface area contributed by atoms with Crippen molar-refractivity contribution < 1.29 is 28.6 Å². The van der Waals surface area contributed by atoms with Crippen LogP contribution in [0.2, 0.25) is 0 Å². The van der Waals surface area contributed by atoms with Crippen LogP contribution in [0.1, 0.15) is 43.0 Å². The number of anilines is 1. The maximum absolute atomic E-state index is 13.4. The molecule has 1 aliphatic heterocycles. The Bertz CT molecular complexity index is 1480. The molecular formula is C32H31N3O6. The van der Waals surface area contributed by atoms with Crippen molar-refractivity contribution >= 4 is 23.5 Å². The maximum atomic E-state index is 13.4. The average Bonchev–Trinajstić information content (AvgIpc) is 3.34. The number of hydrogen-bond donors (Lipinski definition) is 2. The van der Waals surface area contributed by atoms with Crippen molar-refractivity contribution in [2.75, 3.05) is 18.5 Å². The Labute approximate surface area is 238 Å². The van der Waals surface area contributed by atoms with Gasteiger partial charge in [0.15, 0.2) is 0 Å². The zero-order valence-corrected chi connectivity index (χ0v) is 22.7. The number of cyclic esters (lactones) is 1. The number of carbonyl (C=O) groups excluding carboxylic acids is 3. The van der Waals surface area contributed by atoms with Crippen LogP contribution in [0.3, 0.4) is 0 Å². The lowest BCUT2D eigenvalue weighted by molar-refractivity contribution is -0.122. The molecule has 0 radical (unpaired) electrons. The zero-order chi connectivity index (χ0) is 29.2. The molecule has 2 N–H and O–H groups in total. The number of amides is 1. The van der Waals surface area contributed by atoms with Gasteiger partial charge in [-0.15, -0.1) is 0 Å². The van der Waals surface area contributed by atoms with Gasteiger partial charge in [-0.1, -0.05) is 60.7 Å². The van der Waals surface area contributed by atoms with Crippen LogP contribution < -0.4 is 10.6 Å². The second-order valence-electron chi connectivity index (χ2n) is 9.63. The van der Waals surface area contributed by atoms with E-state index in [1.54, 1.807) is 42.5 Å². The summed E-state index contributed by atoms with van der Waals surface area (Å²) in [5.41, 5.74) is 4.94. The van der Waals surface area contributed by atoms with Gasteiger partial charge in [-0.25, -0.2) is 9.59 Å². The molecule has 0 aliphatic carbocycles. The number of hydrogen-bond acceptors (Lipinski definition) is 8. The van der Waals surface area contributed by atoms with E-state index in [1.807, 2.05) is 31.2 Å². The first kappa shape index (κ1) is 29.1. The quantitative estimate of drug-likeness (QED) is 0.238. The molecule has 0 fully saturated rings. The van der Waals surface area contributed by atoms with Gasteiger partial charge in [-0.3, -0.25) is 4.79 Å². The van der Waals surface area contributed by atoms with Crippen molar-refractivity contribution in [1.82, 2.24) is 5.32 Å². The summed E-state index contributed by atoms with van der Waals surface area (Å²) in [5, 5.41) is 15.7. The summed E-state index contributed by atoms with van der Waals surface area (Å²) in [4.78, 5) is 37.5. The minimum absolute atomic E-state index is 0.0603. The van der Waals surface area contributed by atoms with Crippen LogP contribution in [0.15, 0.2) is 79.4 Å². The Morgan fingerprint density at radius 1 is 1.12 bits per heavy atom. The van der Waals surface area contributed by atoms with Crippen molar-refractivity contribution in [1.29, 1.82) is 5.26 Å². The highest BCUT2D eigenvalue weighted by molar-refractivity contribution is 5.95. The number of aryl methyl sites for hydroxylation is 1. The Balaban J connectivity index is 1.40. The second kappa shape index (κ2) is 13.9. The van der Waals surface area contributed by atoms with Gasteiger partial charge in [0.1, 0.15) is 25.3 Å². The third kappa shape index (κ3) is 8.03. The molecule has 0 aromatic heterocycles. The first-order valence-electron chi connectivity index (χ1n) is 13.1. The van der Waals surface area contributed by atoms with Crippen molar-refractivity contribution in [3.8, 4) is 6.07 Å². The highest BCUT2D eigenvalue weighted by atomic mass is 16.5. The van der Waals surface area contributed by atoms with E-state index in [-0.39, 0.29) is 26.4 Å². The molecule has 0 saturated carbocycles. The molecule has 4 rings (SSSR count). The molecule has 1 aliphatic rings. The molecule has 9 heteroatoms. The fourth-order valence-corrected chi connectivity index (χ4v) is 4.37. The first-order chi connectivity index (χ1) is 19.9. The summed E-state index contributed by atoms with van der Waals surface area (Å²) in [6.07, 6.45) is 1.84. The van der Waals surface area contributed by atoms with E-state index in [1.165, 1.54) is 6.08 Å². The fourth-order valence-electron chi connectivity index (χ4n) is 4.37. The SMILES string of the molecule is C=CCOC(=O)c1cccc(COC[C@@H](C#N)NC(=O)[C@H](Cc2cccc(C)c2)Nc2ccc3c(c2)C(=O)OC3)c1. The van der Waals surface area contributed by atoms with Crippen LogP contribution in [0.4, 0.5) is 5.69 Å². The zero-order valence-electron chi connectivity index (χ0n) is 22.7. The lowest BCUT2D eigenvalue weighted by Crippen LogP contribution is -2.46. The van der Waals surface area contributed by atoms with Crippen LogP contribution >= 0.6 is 0 Å². The topological polar surface area (TPSA) is 127 Å². The molecule has 1 heterocycles. The van der Waals surface area contributed by atoms with Gasteiger partial charge in [-0.05, 0) is 42.3 Å². The third-order valence-electron chi connectivity index (χ3n) is 6.39. The van der Waals surface area contributed by atoms with Crippen LogP contribution in [-0.4, -0.2) is 43.1 Å². The van der Waals surface area contributed by atoms with Gasteiger partial charge in [0.25, 0.3) is 0 Å². The van der Waals surface area contributed by atoms with Crippen molar-refractivity contribution in [2.24, 2.45) is 0 Å². The second-order valence-corrected chi connectivity index (χ2v) is 9.63. The molecular weight excluding hydrogens is 522 g/mol. The number of nitriles is 1. The van der Waals surface area contributed by atoms with Gasteiger partial charge < -0.3 is 24.8 Å². The number of carbonyl (C=O) groups is 3. The Kier molecular flexibility index (Phi) is 9.86. The number of esters is 2. The standard InChI is InChI=1S/C32H31N3O6/c1-3-12-40-31(37)24-9-5-8-23(14-24)18-39-20-27(17-33)35-30(36)29(15-22-7-4-6-21(2)13-22)34-26-11-10-25-19-41-32(38)28(25)16-26/h3-11,13-14,16,27,29,34H,1,12,15,18-20H2,2H3,(H,35,36)/t27-,29+/m1/s1. The number of rotatable bonds is 13. The van der Waals surface area contributed by atoms with E-state index >= 15 is 0 Å². The minimum Gasteiger partial charge on any atom is -0.458 e. The number of ether oxygens (including phenoxy) is 3. The predicted molar refractivity (Wildman–Crippen MR) is 152 cm³/mol. The van der Waals surface area contributed by atoms with Crippen molar-refractivity contribution in [2.45, 2.75) is 38.6 Å². The van der Waals surface area contributed by atoms with E-state index in [9.17, 15) is 19.6 Å². The van der Waals surface area contributed by atoms with Gasteiger partial charge in [0.05, 0.1) is 30.4 Å². The highest BCUT2D eigenvalue weighted by Gasteiger charge is 2.25. The molecule has 41 heavy (non-hydrogen) atoms. The third-order valence-corrected chi connectivity index (χ3v) is 6.39. The molecule has 1 amide bonds. The van der Waals surface area contributed by atoms with Crippen molar-refractivity contribution in [3.63, 3.8) is 0 Å². The smallest absolute Gasteiger partial charge is 0.338 e. The van der Waals surface area contributed by atoms with Gasteiger partial charge in [0.2, 0.25) is 5.91 Å². The largest absolute Gasteiger partial charge is 0.458 e. The monoisotopic (exact) mass is 553 g/mol. The molecule has 9 nitrogen and oxygen atoms in total. The summed E-state index contributed by atoms with van der Waals surface area (Å²) in [6.45, 7) is 5.92. The molecule has 2 atom stereocenters. The molecule has 0 spiro atoms. The molecule has 0 saturated heterocycles. The normalized spacial score (nSPS) is 13.2. The summed E-state index contributed by atoms with van der Waals surface area (Å²) in [5.74, 6) is -1.26. The molecule has 3 aromatic carbocycles. The lowest BCUT2D eigenvalue weighted by atomic mass is 10.0. The van der Waals surface area contributed by atoms with Crippen molar-refractivity contribution in [3.05, 3.63) is 113 Å². The fraction of sp³-hybridized carbons (Fsp3) is 0.250. The van der Waals surface area contributed by atoms with E-state index in [2.05, 4.69) is 23.3 Å². The first-order valence-corrected chi connectivity index (χ1v) is 13.1. The lowest BCUT2D eigenvalue weighted by Gasteiger charge is -2.22. The van der Waals surface area contributed by atoms with Gasteiger partial charge in [0, 0.05) is 17.7 Å². The number of benzene rings is 3. The summed E-state index contributed by atoms with van der Waals surface area (Å²) >= 11 is 0. The van der Waals surface area contributed by atoms with E-state index < -0.39 is 29.9 Å². The Morgan fingerprint density at radius 3 is 2.71 bits per heavy atom.